The highest BCUT2D eigenvalue weighted by Crippen LogP contribution is 2.35. The summed E-state index contributed by atoms with van der Waals surface area (Å²) in [7, 11) is 0. The quantitative estimate of drug-likeness (QED) is 0.831. The van der Waals surface area contributed by atoms with Crippen molar-refractivity contribution in [2.45, 2.75) is 38.7 Å². The molecule has 0 unspecified atom stereocenters. The molecule has 0 saturated heterocycles. The minimum absolute atomic E-state index is 0.0400. The molecule has 18 heavy (non-hydrogen) atoms. The molecule has 1 N–H and O–H groups in total. The van der Waals surface area contributed by atoms with E-state index >= 15 is 0 Å². The number of carboxylic acid groups (broad SMARTS) is 1. The van der Waals surface area contributed by atoms with E-state index in [-0.39, 0.29) is 24.2 Å². The molecule has 1 heterocycles. The number of rotatable bonds is 4. The van der Waals surface area contributed by atoms with Gasteiger partial charge in [0, 0.05) is 18.4 Å². The van der Waals surface area contributed by atoms with Gasteiger partial charge in [-0.25, -0.2) is 0 Å². The van der Waals surface area contributed by atoms with Gasteiger partial charge in [-0.15, -0.1) is 0 Å². The van der Waals surface area contributed by atoms with Crippen molar-refractivity contribution >= 4 is 11.8 Å². The van der Waals surface area contributed by atoms with Gasteiger partial charge in [0.1, 0.15) is 11.4 Å². The third-order valence-corrected chi connectivity index (χ3v) is 2.95. The summed E-state index contributed by atoms with van der Waals surface area (Å²) in [6.45, 7) is 4.00. The van der Waals surface area contributed by atoms with Gasteiger partial charge in [-0.2, -0.15) is 0 Å². The van der Waals surface area contributed by atoms with Gasteiger partial charge < -0.3 is 9.84 Å². The Morgan fingerprint density at radius 2 is 2.06 bits per heavy atom. The number of hydrogen-bond donors (Lipinski definition) is 1. The summed E-state index contributed by atoms with van der Waals surface area (Å²) >= 11 is 0. The zero-order chi connectivity index (χ0) is 13.3. The molecule has 0 aliphatic carbocycles. The molecule has 1 aromatic carbocycles. The second-order valence-electron chi connectivity index (χ2n) is 5.18. The second-order valence-corrected chi connectivity index (χ2v) is 5.18. The smallest absolute Gasteiger partial charge is 0.303 e. The molecule has 1 aliphatic rings. The Labute approximate surface area is 106 Å². The summed E-state index contributed by atoms with van der Waals surface area (Å²) < 4.78 is 5.72. The standard InChI is InChI=1S/C14H16O4/c1-14(2)8-10-7-9(3-5-12(10)18-14)11(15)4-6-13(16)17/h3,5,7H,4,6,8H2,1-2H3,(H,16,17). The highest BCUT2D eigenvalue weighted by Gasteiger charge is 2.30. The first-order valence-corrected chi connectivity index (χ1v) is 5.94. The van der Waals surface area contributed by atoms with Crippen LogP contribution < -0.4 is 4.74 Å². The van der Waals surface area contributed by atoms with Gasteiger partial charge in [-0.3, -0.25) is 9.59 Å². The number of ketones is 1. The van der Waals surface area contributed by atoms with Crippen molar-refractivity contribution in [2.24, 2.45) is 0 Å². The highest BCUT2D eigenvalue weighted by atomic mass is 16.5. The van der Waals surface area contributed by atoms with Crippen molar-refractivity contribution < 1.29 is 19.4 Å². The monoisotopic (exact) mass is 248 g/mol. The van der Waals surface area contributed by atoms with Gasteiger partial charge in [0.15, 0.2) is 5.78 Å². The number of carboxylic acids is 1. The van der Waals surface area contributed by atoms with Crippen LogP contribution in [0.1, 0.15) is 42.6 Å². The van der Waals surface area contributed by atoms with Crippen molar-refractivity contribution in [1.82, 2.24) is 0 Å². The van der Waals surface area contributed by atoms with Gasteiger partial charge in [-0.1, -0.05) is 0 Å². The van der Waals surface area contributed by atoms with Gasteiger partial charge in [0.05, 0.1) is 6.42 Å². The van der Waals surface area contributed by atoms with Crippen LogP contribution in [0.4, 0.5) is 0 Å². The van der Waals surface area contributed by atoms with Crippen molar-refractivity contribution in [3.63, 3.8) is 0 Å². The fourth-order valence-electron chi connectivity index (χ4n) is 2.15. The zero-order valence-electron chi connectivity index (χ0n) is 10.5. The molecule has 2 rings (SSSR count). The van der Waals surface area contributed by atoms with E-state index in [2.05, 4.69) is 0 Å². The van der Waals surface area contributed by atoms with Crippen LogP contribution >= 0.6 is 0 Å². The summed E-state index contributed by atoms with van der Waals surface area (Å²) in [4.78, 5) is 22.2. The van der Waals surface area contributed by atoms with Crippen LogP contribution in [-0.2, 0) is 11.2 Å². The Hall–Kier alpha value is -1.84. The van der Waals surface area contributed by atoms with E-state index in [1.807, 2.05) is 19.9 Å². The highest BCUT2D eigenvalue weighted by molar-refractivity contribution is 5.97. The molecule has 0 radical (unpaired) electrons. The molecule has 1 aliphatic heterocycles. The van der Waals surface area contributed by atoms with Gasteiger partial charge in [-0.05, 0) is 37.6 Å². The molecule has 1 aromatic rings. The minimum Gasteiger partial charge on any atom is -0.487 e. The molecule has 0 bridgehead atoms. The third-order valence-electron chi connectivity index (χ3n) is 2.95. The van der Waals surface area contributed by atoms with Gasteiger partial charge in [0.25, 0.3) is 0 Å². The normalized spacial score (nSPS) is 15.9. The van der Waals surface area contributed by atoms with Crippen LogP contribution in [0.2, 0.25) is 0 Å². The number of benzene rings is 1. The Balaban J connectivity index is 2.13. The summed E-state index contributed by atoms with van der Waals surface area (Å²) in [5.74, 6) is -0.270. The first-order chi connectivity index (χ1) is 8.37. The number of Topliss-reactive ketones (excluding diaryl/α,β-unsaturated/α-hetero) is 1. The molecular formula is C14H16O4. The van der Waals surface area contributed by atoms with Gasteiger partial charge >= 0.3 is 5.97 Å². The fourth-order valence-corrected chi connectivity index (χ4v) is 2.15. The number of fused-ring (bicyclic) bond motifs is 1. The fraction of sp³-hybridized carbons (Fsp3) is 0.429. The molecular weight excluding hydrogens is 232 g/mol. The van der Waals surface area contributed by atoms with E-state index in [0.717, 1.165) is 17.7 Å². The maximum absolute atomic E-state index is 11.8. The lowest BCUT2D eigenvalue weighted by Gasteiger charge is -2.16. The van der Waals surface area contributed by atoms with Crippen molar-refractivity contribution in [3.05, 3.63) is 29.3 Å². The predicted molar refractivity (Wildman–Crippen MR) is 66.1 cm³/mol. The lowest BCUT2D eigenvalue weighted by Crippen LogP contribution is -2.24. The number of hydrogen-bond acceptors (Lipinski definition) is 3. The van der Waals surface area contributed by atoms with Crippen LogP contribution in [0.3, 0.4) is 0 Å². The first kappa shape index (κ1) is 12.6. The van der Waals surface area contributed by atoms with Gasteiger partial charge in [0.2, 0.25) is 0 Å². The van der Waals surface area contributed by atoms with Crippen LogP contribution in [0.5, 0.6) is 5.75 Å². The summed E-state index contributed by atoms with van der Waals surface area (Å²) in [6, 6.07) is 5.30. The van der Waals surface area contributed by atoms with Crippen molar-refractivity contribution in [1.29, 1.82) is 0 Å². The molecule has 0 atom stereocenters. The number of ether oxygens (including phenoxy) is 1. The maximum atomic E-state index is 11.8. The lowest BCUT2D eigenvalue weighted by molar-refractivity contribution is -0.136. The summed E-state index contributed by atoms with van der Waals surface area (Å²) in [5.41, 5.74) is 1.35. The summed E-state index contributed by atoms with van der Waals surface area (Å²) in [6.07, 6.45) is 0.679. The number of aliphatic carboxylic acids is 1. The van der Waals surface area contributed by atoms with E-state index in [9.17, 15) is 9.59 Å². The molecule has 4 nitrogen and oxygen atoms in total. The van der Waals surface area contributed by atoms with E-state index in [1.54, 1.807) is 12.1 Å². The lowest BCUT2D eigenvalue weighted by atomic mass is 9.98. The maximum Gasteiger partial charge on any atom is 0.303 e. The third kappa shape index (κ3) is 2.70. The molecule has 0 aromatic heterocycles. The van der Waals surface area contributed by atoms with E-state index in [1.165, 1.54) is 0 Å². The number of carbonyl (C=O) groups is 2. The molecule has 0 fully saturated rings. The summed E-state index contributed by atoms with van der Waals surface area (Å²) in [5, 5.41) is 8.56. The van der Waals surface area contributed by atoms with Crippen LogP contribution in [0.15, 0.2) is 18.2 Å². The molecule has 0 saturated carbocycles. The first-order valence-electron chi connectivity index (χ1n) is 5.94. The largest absolute Gasteiger partial charge is 0.487 e. The molecule has 0 amide bonds. The van der Waals surface area contributed by atoms with Crippen LogP contribution in [-0.4, -0.2) is 22.5 Å². The van der Waals surface area contributed by atoms with Crippen LogP contribution in [0, 0.1) is 0 Å². The van der Waals surface area contributed by atoms with E-state index in [4.69, 9.17) is 9.84 Å². The topological polar surface area (TPSA) is 63.6 Å². The average molecular weight is 248 g/mol. The van der Waals surface area contributed by atoms with E-state index in [0.29, 0.717) is 5.56 Å². The Bertz CT molecular complexity index is 503. The van der Waals surface area contributed by atoms with E-state index < -0.39 is 5.97 Å². The molecule has 96 valence electrons. The van der Waals surface area contributed by atoms with Crippen molar-refractivity contribution in [3.8, 4) is 5.75 Å². The Morgan fingerprint density at radius 1 is 1.33 bits per heavy atom. The zero-order valence-corrected chi connectivity index (χ0v) is 10.5. The van der Waals surface area contributed by atoms with Crippen LogP contribution in [0.25, 0.3) is 0 Å². The second kappa shape index (κ2) is 4.44. The van der Waals surface area contributed by atoms with Crippen molar-refractivity contribution in [2.75, 3.05) is 0 Å². The Morgan fingerprint density at radius 3 is 2.72 bits per heavy atom. The minimum atomic E-state index is -0.950. The number of carbonyl (C=O) groups excluding carboxylic acids is 1. The predicted octanol–water partition coefficient (Wildman–Crippen LogP) is 2.45. The Kier molecular flexibility index (Phi) is 3.11. The molecule has 0 spiro atoms. The molecule has 4 heteroatoms. The average Bonchev–Trinajstić information content (AvgIpc) is 2.58. The SMILES string of the molecule is CC1(C)Cc2cc(C(=O)CCC(=O)O)ccc2O1.